The summed E-state index contributed by atoms with van der Waals surface area (Å²) in [5.41, 5.74) is 2.01. The molecule has 1 aromatic carbocycles. The second kappa shape index (κ2) is 12.6. The van der Waals surface area contributed by atoms with Gasteiger partial charge < -0.3 is 9.80 Å². The van der Waals surface area contributed by atoms with Gasteiger partial charge >= 0.3 is 0 Å². The Morgan fingerprint density at radius 2 is 1.71 bits per heavy atom. The Bertz CT molecular complexity index is 832. The molecule has 0 aliphatic rings. The lowest BCUT2D eigenvalue weighted by Crippen LogP contribution is -2.45. The van der Waals surface area contributed by atoms with Crippen LogP contribution in [0.2, 0.25) is 0 Å². The fourth-order valence-electron chi connectivity index (χ4n) is 3.43. The molecule has 170 valence electrons. The molecule has 6 heteroatoms. The first-order valence-electron chi connectivity index (χ1n) is 11.2. The van der Waals surface area contributed by atoms with Gasteiger partial charge in [0.15, 0.2) is 0 Å². The Balaban J connectivity index is 2.12. The first kappa shape index (κ1) is 25.1. The average Bonchev–Trinajstić information content (AvgIpc) is 3.14. The van der Waals surface area contributed by atoms with E-state index in [-0.39, 0.29) is 30.2 Å². The summed E-state index contributed by atoms with van der Waals surface area (Å²) in [5.74, 6) is -0.350. The van der Waals surface area contributed by atoms with Crippen LogP contribution < -0.4 is 0 Å². The van der Waals surface area contributed by atoms with Crippen molar-refractivity contribution in [2.24, 2.45) is 0 Å². The van der Waals surface area contributed by atoms with Gasteiger partial charge in [0, 0.05) is 23.9 Å². The molecule has 4 nitrogen and oxygen atoms in total. The number of hydrogen-bond donors (Lipinski definition) is 0. The van der Waals surface area contributed by atoms with Crippen molar-refractivity contribution in [3.8, 4) is 0 Å². The van der Waals surface area contributed by atoms with E-state index < -0.39 is 0 Å². The van der Waals surface area contributed by atoms with Crippen LogP contribution in [0.25, 0.3) is 0 Å². The molecule has 0 aliphatic carbocycles. The van der Waals surface area contributed by atoms with Gasteiger partial charge in [-0.15, -0.1) is 11.3 Å². The molecule has 2 aromatic rings. The summed E-state index contributed by atoms with van der Waals surface area (Å²) in [6.45, 7) is 9.01. The van der Waals surface area contributed by atoms with Gasteiger partial charge in [-0.25, -0.2) is 4.39 Å². The van der Waals surface area contributed by atoms with Crippen molar-refractivity contribution in [1.82, 2.24) is 9.80 Å². The number of rotatable bonds is 12. The van der Waals surface area contributed by atoms with Crippen molar-refractivity contribution in [3.63, 3.8) is 0 Å². The molecular formula is C25H35FN2O2S. The fourth-order valence-corrected chi connectivity index (χ4v) is 4.35. The third kappa shape index (κ3) is 8.09. The number of thiophene rings is 1. The molecular weight excluding hydrogens is 411 g/mol. The van der Waals surface area contributed by atoms with Crippen molar-refractivity contribution < 1.29 is 14.0 Å². The zero-order valence-electron chi connectivity index (χ0n) is 19.2. The average molecular weight is 447 g/mol. The maximum atomic E-state index is 13.3. The lowest BCUT2D eigenvalue weighted by Gasteiger charge is -2.30. The van der Waals surface area contributed by atoms with E-state index in [4.69, 9.17) is 0 Å². The molecule has 0 aliphatic heterocycles. The van der Waals surface area contributed by atoms with Crippen LogP contribution in [0, 0.1) is 12.7 Å². The molecule has 0 fully saturated rings. The van der Waals surface area contributed by atoms with Crippen molar-refractivity contribution >= 4 is 23.2 Å². The highest BCUT2D eigenvalue weighted by Crippen LogP contribution is 2.20. The van der Waals surface area contributed by atoms with Gasteiger partial charge in [0.2, 0.25) is 11.8 Å². The first-order chi connectivity index (χ1) is 14.8. The summed E-state index contributed by atoms with van der Waals surface area (Å²) >= 11 is 1.62. The third-order valence-corrected chi connectivity index (χ3v) is 6.44. The highest BCUT2D eigenvalue weighted by molar-refractivity contribution is 7.10. The quantitative estimate of drug-likeness (QED) is 0.379. The molecule has 2 rings (SSSR count). The molecule has 0 saturated heterocycles. The lowest BCUT2D eigenvalue weighted by molar-refractivity contribution is -0.142. The van der Waals surface area contributed by atoms with Crippen molar-refractivity contribution in [1.29, 1.82) is 0 Å². The van der Waals surface area contributed by atoms with E-state index in [1.807, 2.05) is 32.2 Å². The predicted octanol–water partition coefficient (Wildman–Crippen LogP) is 5.93. The highest BCUT2D eigenvalue weighted by Gasteiger charge is 2.24. The van der Waals surface area contributed by atoms with Gasteiger partial charge in [-0.05, 0) is 61.9 Å². The Morgan fingerprint density at radius 3 is 2.29 bits per heavy atom. The molecule has 0 unspecified atom stereocenters. The van der Waals surface area contributed by atoms with E-state index in [1.54, 1.807) is 33.3 Å². The van der Waals surface area contributed by atoms with Crippen molar-refractivity contribution in [3.05, 3.63) is 57.5 Å². The van der Waals surface area contributed by atoms with Crippen LogP contribution in [0.5, 0.6) is 0 Å². The van der Waals surface area contributed by atoms with Gasteiger partial charge in [0.1, 0.15) is 5.82 Å². The number of carbonyl (C=O) groups excluding carboxylic acids is 2. The highest BCUT2D eigenvalue weighted by atomic mass is 32.1. The zero-order chi connectivity index (χ0) is 22.8. The summed E-state index contributed by atoms with van der Waals surface area (Å²) in [4.78, 5) is 30.7. The summed E-state index contributed by atoms with van der Waals surface area (Å²) in [6.07, 6.45) is 4.63. The smallest absolute Gasteiger partial charge is 0.242 e. The SMILES string of the molecule is CCCCCCC(=O)N(CC(=O)N(Cc1ccc(F)cc1)Cc1sccc1C)C(C)C. The van der Waals surface area contributed by atoms with E-state index in [0.29, 0.717) is 19.5 Å². The minimum absolute atomic E-state index is 0.0356. The van der Waals surface area contributed by atoms with Gasteiger partial charge in [-0.3, -0.25) is 9.59 Å². The number of unbranched alkanes of at least 4 members (excludes halogenated alkanes) is 3. The predicted molar refractivity (Wildman–Crippen MR) is 125 cm³/mol. The van der Waals surface area contributed by atoms with Crippen molar-refractivity contribution in [2.75, 3.05) is 6.54 Å². The van der Waals surface area contributed by atoms with E-state index in [2.05, 4.69) is 6.92 Å². The molecule has 0 atom stereocenters. The van der Waals surface area contributed by atoms with Gasteiger partial charge in [-0.2, -0.15) is 0 Å². The Labute approximate surface area is 190 Å². The maximum absolute atomic E-state index is 13.3. The number of benzene rings is 1. The largest absolute Gasteiger partial charge is 0.332 e. The van der Waals surface area contributed by atoms with Gasteiger partial charge in [-0.1, -0.05) is 38.3 Å². The summed E-state index contributed by atoms with van der Waals surface area (Å²) in [6, 6.07) is 8.23. The summed E-state index contributed by atoms with van der Waals surface area (Å²) in [7, 11) is 0. The summed E-state index contributed by atoms with van der Waals surface area (Å²) in [5, 5.41) is 2.02. The van der Waals surface area contributed by atoms with E-state index in [1.165, 1.54) is 12.1 Å². The minimum atomic E-state index is -0.296. The molecule has 31 heavy (non-hydrogen) atoms. The van der Waals surface area contributed by atoms with Crippen LogP contribution in [0.3, 0.4) is 0 Å². The molecule has 2 amide bonds. The number of halogens is 1. The minimum Gasteiger partial charge on any atom is -0.332 e. The zero-order valence-corrected chi connectivity index (χ0v) is 20.0. The number of carbonyl (C=O) groups is 2. The molecule has 0 saturated carbocycles. The van der Waals surface area contributed by atoms with E-state index >= 15 is 0 Å². The Hall–Kier alpha value is -2.21. The molecule has 0 bridgehead atoms. The maximum Gasteiger partial charge on any atom is 0.242 e. The third-order valence-electron chi connectivity index (χ3n) is 5.44. The topological polar surface area (TPSA) is 40.6 Å². The Kier molecular flexibility index (Phi) is 10.2. The van der Waals surface area contributed by atoms with Crippen LogP contribution in [-0.4, -0.2) is 34.2 Å². The number of amides is 2. The second-order valence-corrected chi connectivity index (χ2v) is 9.33. The molecule has 1 aromatic heterocycles. The lowest BCUT2D eigenvalue weighted by atomic mass is 10.1. The number of nitrogens with zero attached hydrogens (tertiary/aromatic N) is 2. The van der Waals surface area contributed by atoms with Crippen LogP contribution in [0.15, 0.2) is 35.7 Å². The number of aryl methyl sites for hydroxylation is 1. The van der Waals surface area contributed by atoms with Crippen LogP contribution in [0.4, 0.5) is 4.39 Å². The number of hydrogen-bond acceptors (Lipinski definition) is 3. The monoisotopic (exact) mass is 446 g/mol. The van der Waals surface area contributed by atoms with E-state index in [0.717, 1.165) is 41.7 Å². The van der Waals surface area contributed by atoms with Gasteiger partial charge in [0.05, 0.1) is 13.1 Å². The van der Waals surface area contributed by atoms with Crippen LogP contribution in [-0.2, 0) is 22.7 Å². The summed E-state index contributed by atoms with van der Waals surface area (Å²) < 4.78 is 13.3. The molecule has 1 heterocycles. The molecule has 0 spiro atoms. The van der Waals surface area contributed by atoms with Crippen LogP contribution >= 0.6 is 11.3 Å². The normalized spacial score (nSPS) is 11.0. The first-order valence-corrected chi connectivity index (χ1v) is 12.0. The molecule has 0 N–H and O–H groups in total. The van der Waals surface area contributed by atoms with Gasteiger partial charge in [0.25, 0.3) is 0 Å². The van der Waals surface area contributed by atoms with E-state index in [9.17, 15) is 14.0 Å². The Morgan fingerprint density at radius 1 is 1.00 bits per heavy atom. The van der Waals surface area contributed by atoms with Crippen molar-refractivity contribution in [2.45, 2.75) is 78.9 Å². The second-order valence-electron chi connectivity index (χ2n) is 8.33. The standard InChI is InChI=1S/C25H35FN2O2S/c1-5-6-7-8-9-24(29)28(19(2)3)18-25(30)27(17-23-20(4)14-15-31-23)16-21-10-12-22(26)13-11-21/h10-15,19H,5-9,16-18H2,1-4H3. The van der Waals surface area contributed by atoms with Crippen LogP contribution in [0.1, 0.15) is 68.9 Å². The fraction of sp³-hybridized carbons (Fsp3) is 0.520. The molecule has 0 radical (unpaired) electrons.